The van der Waals surface area contributed by atoms with Crippen LogP contribution in [-0.4, -0.2) is 22.5 Å². The Labute approximate surface area is 109 Å². The van der Waals surface area contributed by atoms with Crippen molar-refractivity contribution in [2.75, 3.05) is 14.1 Å². The summed E-state index contributed by atoms with van der Waals surface area (Å²) in [5.74, 6) is 0.719. The molecule has 1 rings (SSSR count). The summed E-state index contributed by atoms with van der Waals surface area (Å²) >= 11 is 0. The van der Waals surface area contributed by atoms with Crippen LogP contribution in [0, 0.1) is 5.92 Å². The van der Waals surface area contributed by atoms with E-state index in [1.165, 1.54) is 32.1 Å². The largest absolute Gasteiger partial charge is 0.328 e. The van der Waals surface area contributed by atoms with Crippen LogP contribution in [0.25, 0.3) is 0 Å². The van der Waals surface area contributed by atoms with Crippen molar-refractivity contribution in [1.29, 1.82) is 0 Å². The molecule has 0 atom stereocenters. The van der Waals surface area contributed by atoms with Gasteiger partial charge >= 0.3 is 0 Å². The standard InChI is InChI=1S/C14H32N2Si/c1-12(2)14(3,4)17(15-5,16-6)13-10-8-7-9-11-13/h12-13,15-16H,7-11H2,1-6H3. The van der Waals surface area contributed by atoms with Gasteiger partial charge in [-0.25, -0.2) is 0 Å². The maximum absolute atomic E-state index is 3.78. The van der Waals surface area contributed by atoms with Crippen LogP contribution < -0.4 is 9.96 Å². The normalized spacial score (nSPS) is 19.9. The van der Waals surface area contributed by atoms with E-state index in [0.717, 1.165) is 11.5 Å². The molecule has 0 radical (unpaired) electrons. The van der Waals surface area contributed by atoms with E-state index in [9.17, 15) is 0 Å². The lowest BCUT2D eigenvalue weighted by molar-refractivity contribution is 0.401. The van der Waals surface area contributed by atoms with Crippen molar-refractivity contribution in [2.24, 2.45) is 5.92 Å². The first-order chi connectivity index (χ1) is 7.92. The first-order valence-electron chi connectivity index (χ1n) is 7.30. The summed E-state index contributed by atoms with van der Waals surface area (Å²) in [5, 5.41) is 0.387. The first-order valence-corrected chi connectivity index (χ1v) is 9.38. The third-order valence-corrected chi connectivity index (χ3v) is 11.5. The summed E-state index contributed by atoms with van der Waals surface area (Å²) in [5.41, 5.74) is 0.892. The predicted molar refractivity (Wildman–Crippen MR) is 79.6 cm³/mol. The van der Waals surface area contributed by atoms with E-state index in [4.69, 9.17) is 0 Å². The van der Waals surface area contributed by atoms with Crippen LogP contribution in [0.15, 0.2) is 0 Å². The van der Waals surface area contributed by atoms with Gasteiger partial charge in [0.1, 0.15) is 0 Å². The van der Waals surface area contributed by atoms with Crippen LogP contribution in [0.3, 0.4) is 0 Å². The SMILES string of the molecule is CN[Si](NC)(C1CCCCC1)C(C)(C)C(C)C. The van der Waals surface area contributed by atoms with Gasteiger partial charge in [-0.15, -0.1) is 0 Å². The predicted octanol–water partition coefficient (Wildman–Crippen LogP) is 3.64. The van der Waals surface area contributed by atoms with Gasteiger partial charge < -0.3 is 9.96 Å². The minimum atomic E-state index is -1.63. The molecule has 2 N–H and O–H groups in total. The topological polar surface area (TPSA) is 24.1 Å². The minimum Gasteiger partial charge on any atom is -0.328 e. The maximum Gasteiger partial charge on any atom is 0.210 e. The lowest BCUT2D eigenvalue weighted by atomic mass is 9.98. The van der Waals surface area contributed by atoms with Crippen LogP contribution in [0.4, 0.5) is 0 Å². The summed E-state index contributed by atoms with van der Waals surface area (Å²) < 4.78 is 0. The maximum atomic E-state index is 3.78. The summed E-state index contributed by atoms with van der Waals surface area (Å²) in [7, 11) is 2.73. The highest BCUT2D eigenvalue weighted by Gasteiger charge is 2.52. The molecule has 2 nitrogen and oxygen atoms in total. The number of rotatable bonds is 5. The average Bonchev–Trinajstić information content (AvgIpc) is 2.32. The zero-order chi connectivity index (χ0) is 13.1. The molecule has 0 aromatic carbocycles. The van der Waals surface area contributed by atoms with Crippen molar-refractivity contribution in [2.45, 2.75) is 70.4 Å². The molecule has 3 heteroatoms. The van der Waals surface area contributed by atoms with E-state index in [1.54, 1.807) is 0 Å². The molecule has 1 aliphatic rings. The molecule has 17 heavy (non-hydrogen) atoms. The van der Waals surface area contributed by atoms with Gasteiger partial charge in [0.25, 0.3) is 0 Å². The summed E-state index contributed by atoms with van der Waals surface area (Å²) in [6.07, 6.45) is 7.14. The molecule has 1 fully saturated rings. The Bertz CT molecular complexity index is 228. The van der Waals surface area contributed by atoms with Crippen molar-refractivity contribution in [3.63, 3.8) is 0 Å². The van der Waals surface area contributed by atoms with E-state index in [2.05, 4.69) is 51.8 Å². The lowest BCUT2D eigenvalue weighted by Gasteiger charge is -2.52. The lowest BCUT2D eigenvalue weighted by Crippen LogP contribution is -2.70. The molecule has 102 valence electrons. The van der Waals surface area contributed by atoms with Crippen LogP contribution in [0.1, 0.15) is 59.8 Å². The molecule has 0 saturated heterocycles. The van der Waals surface area contributed by atoms with Crippen LogP contribution in [0.2, 0.25) is 10.6 Å². The highest BCUT2D eigenvalue weighted by Crippen LogP contribution is 2.50. The second-order valence-corrected chi connectivity index (χ2v) is 11.2. The molecule has 0 aromatic heterocycles. The fourth-order valence-electron chi connectivity index (χ4n) is 3.69. The average molecular weight is 257 g/mol. The minimum absolute atomic E-state index is 0.387. The quantitative estimate of drug-likeness (QED) is 0.734. The van der Waals surface area contributed by atoms with E-state index in [1.807, 2.05) is 0 Å². The van der Waals surface area contributed by atoms with Gasteiger partial charge in [0.15, 0.2) is 0 Å². The Morgan fingerprint density at radius 3 is 1.82 bits per heavy atom. The molecule has 0 amide bonds. The van der Waals surface area contributed by atoms with Crippen LogP contribution in [-0.2, 0) is 0 Å². The zero-order valence-electron chi connectivity index (χ0n) is 12.7. The molecule has 1 saturated carbocycles. The monoisotopic (exact) mass is 256 g/mol. The van der Waals surface area contributed by atoms with Gasteiger partial charge in [-0.1, -0.05) is 59.8 Å². The molecule has 0 unspecified atom stereocenters. The van der Waals surface area contributed by atoms with Crippen molar-refractivity contribution in [1.82, 2.24) is 9.96 Å². The molecule has 1 aliphatic carbocycles. The summed E-state index contributed by atoms with van der Waals surface area (Å²) in [6, 6.07) is 0. The van der Waals surface area contributed by atoms with E-state index in [-0.39, 0.29) is 0 Å². The molecule has 0 aromatic rings. The molecule has 0 spiro atoms. The Morgan fingerprint density at radius 1 is 1.00 bits per heavy atom. The van der Waals surface area contributed by atoms with Crippen LogP contribution in [0.5, 0.6) is 0 Å². The fourth-order valence-corrected chi connectivity index (χ4v) is 9.29. The zero-order valence-corrected chi connectivity index (χ0v) is 13.7. The Morgan fingerprint density at radius 2 is 1.47 bits per heavy atom. The fraction of sp³-hybridized carbons (Fsp3) is 1.00. The molecule has 0 aliphatic heterocycles. The van der Waals surface area contributed by atoms with Gasteiger partial charge in [0.2, 0.25) is 8.40 Å². The van der Waals surface area contributed by atoms with Gasteiger partial charge in [0, 0.05) is 0 Å². The third-order valence-electron chi connectivity index (χ3n) is 5.47. The Kier molecular flexibility index (Phi) is 5.23. The number of hydrogen-bond donors (Lipinski definition) is 2. The summed E-state index contributed by atoms with van der Waals surface area (Å²) in [4.78, 5) is 7.57. The van der Waals surface area contributed by atoms with Gasteiger partial charge in [-0.3, -0.25) is 0 Å². The van der Waals surface area contributed by atoms with E-state index >= 15 is 0 Å². The third kappa shape index (κ3) is 2.61. The number of hydrogen-bond acceptors (Lipinski definition) is 2. The Balaban J connectivity index is 3.02. The molecule has 0 heterocycles. The first kappa shape index (κ1) is 15.2. The van der Waals surface area contributed by atoms with Gasteiger partial charge in [-0.2, -0.15) is 0 Å². The number of nitrogens with one attached hydrogen (secondary N) is 2. The van der Waals surface area contributed by atoms with Gasteiger partial charge in [-0.05, 0) is 30.6 Å². The van der Waals surface area contributed by atoms with Crippen molar-refractivity contribution < 1.29 is 0 Å². The van der Waals surface area contributed by atoms with E-state index in [0.29, 0.717) is 5.04 Å². The molecule has 0 bridgehead atoms. The Hall–Kier alpha value is 0.137. The second kappa shape index (κ2) is 5.85. The van der Waals surface area contributed by atoms with Gasteiger partial charge in [0.05, 0.1) is 0 Å². The molecular weight excluding hydrogens is 224 g/mol. The van der Waals surface area contributed by atoms with Crippen molar-refractivity contribution in [3.05, 3.63) is 0 Å². The van der Waals surface area contributed by atoms with E-state index < -0.39 is 8.40 Å². The second-order valence-electron chi connectivity index (χ2n) is 6.52. The highest BCUT2D eigenvalue weighted by molar-refractivity contribution is 6.79. The van der Waals surface area contributed by atoms with Crippen molar-refractivity contribution >= 4 is 8.40 Å². The molecular formula is C14H32N2Si. The van der Waals surface area contributed by atoms with Crippen molar-refractivity contribution in [3.8, 4) is 0 Å². The van der Waals surface area contributed by atoms with Crippen LogP contribution >= 0.6 is 0 Å². The summed E-state index contributed by atoms with van der Waals surface area (Å²) in [6.45, 7) is 9.68. The smallest absolute Gasteiger partial charge is 0.210 e. The highest BCUT2D eigenvalue weighted by atomic mass is 28.3.